The minimum atomic E-state index is -4.96. The lowest BCUT2D eigenvalue weighted by atomic mass is 10.00. The number of unbranched alkanes of at least 4 members (excludes halogenated alkanes) is 33. The van der Waals surface area contributed by atoms with Crippen LogP contribution in [-0.2, 0) is 65.4 Å². The van der Waals surface area contributed by atoms with E-state index in [2.05, 4.69) is 65.8 Å². The Labute approximate surface area is 542 Å². The van der Waals surface area contributed by atoms with Gasteiger partial charge in [-0.3, -0.25) is 37.3 Å². The Balaban J connectivity index is 5.28. The maximum atomic E-state index is 13.0. The number of carbonyl (C=O) groups is 4. The fourth-order valence-electron chi connectivity index (χ4n) is 10.0. The van der Waals surface area contributed by atoms with Crippen molar-refractivity contribution in [1.29, 1.82) is 0 Å². The smallest absolute Gasteiger partial charge is 0.462 e. The normalized spacial score (nSPS) is 14.6. The zero-order valence-corrected chi connectivity index (χ0v) is 59.0. The molecule has 17 nitrogen and oxygen atoms in total. The number of carbonyl (C=O) groups excluding carboxylic acids is 4. The molecule has 0 fully saturated rings. The third-order valence-electron chi connectivity index (χ3n) is 15.9. The topological polar surface area (TPSA) is 237 Å². The molecule has 0 bridgehead atoms. The summed E-state index contributed by atoms with van der Waals surface area (Å²) in [5.41, 5.74) is 0. The second kappa shape index (κ2) is 61.7. The summed E-state index contributed by atoms with van der Waals surface area (Å²) in [6.07, 6.45) is 49.6. The lowest BCUT2D eigenvalue weighted by molar-refractivity contribution is -0.161. The summed E-state index contributed by atoms with van der Waals surface area (Å²) >= 11 is 0. The SMILES string of the molecule is CCCCCC/C=C\C=C/CCCCCCCC(=O)O[C@H](COC(=O)CCCCCCCCCCCCCCCCC)COP(=O)(O)OC[C@@H](O)COP(=O)(O)OC[C@@H](COC(=O)CCCCCCCCC(C)C)OC(=O)CCCCCCCCC(C)CC. The van der Waals surface area contributed by atoms with Gasteiger partial charge < -0.3 is 33.8 Å². The van der Waals surface area contributed by atoms with Gasteiger partial charge in [0.1, 0.15) is 19.3 Å². The number of allylic oxidation sites excluding steroid dienone is 4. The van der Waals surface area contributed by atoms with E-state index in [1.54, 1.807) is 0 Å². The molecule has 89 heavy (non-hydrogen) atoms. The lowest BCUT2D eigenvalue weighted by Gasteiger charge is -2.21. The van der Waals surface area contributed by atoms with E-state index in [4.69, 9.17) is 37.0 Å². The first-order valence-corrected chi connectivity index (χ1v) is 38.8. The first-order valence-electron chi connectivity index (χ1n) is 35.8. The lowest BCUT2D eigenvalue weighted by Crippen LogP contribution is -2.30. The van der Waals surface area contributed by atoms with E-state index in [-0.39, 0.29) is 25.7 Å². The van der Waals surface area contributed by atoms with Crippen LogP contribution in [0.1, 0.15) is 330 Å². The molecule has 3 N–H and O–H groups in total. The molecule has 0 saturated carbocycles. The predicted octanol–water partition coefficient (Wildman–Crippen LogP) is 19.5. The van der Waals surface area contributed by atoms with Gasteiger partial charge in [-0.15, -0.1) is 0 Å². The van der Waals surface area contributed by atoms with Crippen molar-refractivity contribution in [3.8, 4) is 0 Å². The maximum Gasteiger partial charge on any atom is 0.472 e. The van der Waals surface area contributed by atoms with Crippen molar-refractivity contribution in [2.24, 2.45) is 11.8 Å². The van der Waals surface area contributed by atoms with Crippen molar-refractivity contribution < 1.29 is 80.2 Å². The van der Waals surface area contributed by atoms with Crippen molar-refractivity contribution in [2.45, 2.75) is 349 Å². The molecule has 19 heteroatoms. The Morgan fingerprint density at radius 3 is 1.01 bits per heavy atom. The Morgan fingerprint density at radius 1 is 0.371 bits per heavy atom. The van der Waals surface area contributed by atoms with Gasteiger partial charge in [0.05, 0.1) is 26.4 Å². The highest BCUT2D eigenvalue weighted by atomic mass is 31.2. The quantitative estimate of drug-likeness (QED) is 0.0169. The van der Waals surface area contributed by atoms with Crippen LogP contribution in [0.3, 0.4) is 0 Å². The van der Waals surface area contributed by atoms with E-state index < -0.39 is 97.5 Å². The molecule has 0 rings (SSSR count). The molecular weight excluding hydrogens is 1170 g/mol. The van der Waals surface area contributed by atoms with E-state index >= 15 is 0 Å². The molecule has 0 aromatic heterocycles. The number of phosphoric ester groups is 2. The van der Waals surface area contributed by atoms with E-state index in [1.807, 2.05) is 0 Å². The number of hydrogen-bond donors (Lipinski definition) is 3. The van der Waals surface area contributed by atoms with Crippen molar-refractivity contribution in [3.05, 3.63) is 24.3 Å². The van der Waals surface area contributed by atoms with Crippen LogP contribution >= 0.6 is 15.6 Å². The molecule has 6 atom stereocenters. The largest absolute Gasteiger partial charge is 0.472 e. The Hall–Kier alpha value is -2.46. The van der Waals surface area contributed by atoms with E-state index in [9.17, 15) is 43.2 Å². The Bertz CT molecular complexity index is 1830. The molecule has 0 radical (unpaired) electrons. The van der Waals surface area contributed by atoms with Gasteiger partial charge in [0.25, 0.3) is 0 Å². The zero-order valence-electron chi connectivity index (χ0n) is 57.2. The molecule has 0 aliphatic heterocycles. The van der Waals surface area contributed by atoms with Gasteiger partial charge >= 0.3 is 39.5 Å². The van der Waals surface area contributed by atoms with Crippen LogP contribution < -0.4 is 0 Å². The standard InChI is InChI=1S/C70H132O17P2/c1-7-10-12-14-16-18-20-22-24-26-28-30-32-40-46-52-67(72)80-58-65(86-69(74)54-48-42-33-31-29-27-25-23-21-19-17-15-13-11-8-2)60-84-88(76,77)82-56-64(71)57-83-89(78,79)85-61-66(59-81-68(73)53-47-41-36-34-38-44-50-62(4)5)87-70(75)55-49-43-37-35-39-45-51-63(6)9-3/h19,21,23,25,62-66,71H,7-18,20,22,24,26-61H2,1-6H3,(H,76,77)(H,78,79)/b21-19-,25-23-/t63?,64-,65-,66-/m1/s1. The van der Waals surface area contributed by atoms with E-state index in [0.29, 0.717) is 31.6 Å². The number of aliphatic hydroxyl groups excluding tert-OH is 1. The van der Waals surface area contributed by atoms with Gasteiger partial charge in [0.15, 0.2) is 12.2 Å². The summed E-state index contributed by atoms with van der Waals surface area (Å²) in [6, 6.07) is 0. The van der Waals surface area contributed by atoms with Gasteiger partial charge in [-0.1, -0.05) is 278 Å². The van der Waals surface area contributed by atoms with Crippen molar-refractivity contribution in [2.75, 3.05) is 39.6 Å². The molecule has 0 aliphatic rings. The summed E-state index contributed by atoms with van der Waals surface area (Å²) < 4.78 is 68.2. The van der Waals surface area contributed by atoms with Crippen LogP contribution in [-0.4, -0.2) is 96.7 Å². The predicted molar refractivity (Wildman–Crippen MR) is 358 cm³/mol. The number of aliphatic hydroxyl groups is 1. The van der Waals surface area contributed by atoms with Crippen LogP contribution in [0.25, 0.3) is 0 Å². The summed E-state index contributed by atoms with van der Waals surface area (Å²) in [4.78, 5) is 72.4. The van der Waals surface area contributed by atoms with Crippen LogP contribution in [0.4, 0.5) is 0 Å². The number of phosphoric acid groups is 2. The Morgan fingerprint density at radius 2 is 0.663 bits per heavy atom. The fraction of sp³-hybridized carbons (Fsp3) is 0.886. The molecule has 0 amide bonds. The Kier molecular flexibility index (Phi) is 60.0. The van der Waals surface area contributed by atoms with Crippen molar-refractivity contribution >= 4 is 39.5 Å². The molecule has 0 saturated heterocycles. The minimum absolute atomic E-state index is 0.0850. The summed E-state index contributed by atoms with van der Waals surface area (Å²) in [5, 5.41) is 10.6. The number of rotatable bonds is 67. The molecule has 0 aromatic carbocycles. The van der Waals surface area contributed by atoms with E-state index in [1.165, 1.54) is 128 Å². The van der Waals surface area contributed by atoms with Crippen molar-refractivity contribution in [3.63, 3.8) is 0 Å². The van der Waals surface area contributed by atoms with Crippen molar-refractivity contribution in [1.82, 2.24) is 0 Å². The van der Waals surface area contributed by atoms with E-state index in [0.717, 1.165) is 115 Å². The van der Waals surface area contributed by atoms with Gasteiger partial charge in [-0.05, 0) is 63.2 Å². The number of ether oxygens (including phenoxy) is 4. The highest BCUT2D eigenvalue weighted by molar-refractivity contribution is 7.47. The summed E-state index contributed by atoms with van der Waals surface area (Å²) in [6.45, 7) is 9.34. The molecular formula is C70H132O17P2. The van der Waals surface area contributed by atoms with Crippen LogP contribution in [0.5, 0.6) is 0 Å². The summed E-state index contributed by atoms with van der Waals surface area (Å²) in [5.74, 6) is -0.764. The number of esters is 4. The zero-order chi connectivity index (χ0) is 65.7. The third-order valence-corrected chi connectivity index (χ3v) is 17.8. The minimum Gasteiger partial charge on any atom is -0.462 e. The second-order valence-corrected chi connectivity index (χ2v) is 28.2. The average Bonchev–Trinajstić information content (AvgIpc) is 3.55. The average molecular weight is 1310 g/mol. The first kappa shape index (κ1) is 86.5. The first-order chi connectivity index (χ1) is 42.9. The molecule has 0 heterocycles. The number of hydrogen-bond acceptors (Lipinski definition) is 15. The maximum absolute atomic E-state index is 13.0. The summed E-state index contributed by atoms with van der Waals surface area (Å²) in [7, 11) is -9.91. The van der Waals surface area contributed by atoms with Crippen LogP contribution in [0.15, 0.2) is 24.3 Å². The molecule has 0 aromatic rings. The highest BCUT2D eigenvalue weighted by Crippen LogP contribution is 2.45. The molecule has 0 spiro atoms. The van der Waals surface area contributed by atoms with Crippen LogP contribution in [0, 0.1) is 11.8 Å². The monoisotopic (exact) mass is 1310 g/mol. The van der Waals surface area contributed by atoms with Gasteiger partial charge in [0, 0.05) is 25.7 Å². The van der Waals surface area contributed by atoms with Gasteiger partial charge in [-0.2, -0.15) is 0 Å². The van der Waals surface area contributed by atoms with Crippen LogP contribution in [0.2, 0.25) is 0 Å². The van der Waals surface area contributed by atoms with Gasteiger partial charge in [-0.25, -0.2) is 9.13 Å². The molecule has 3 unspecified atom stereocenters. The third kappa shape index (κ3) is 62.7. The second-order valence-electron chi connectivity index (χ2n) is 25.3. The fourth-order valence-corrected chi connectivity index (χ4v) is 11.6. The van der Waals surface area contributed by atoms with Gasteiger partial charge in [0.2, 0.25) is 0 Å². The highest BCUT2D eigenvalue weighted by Gasteiger charge is 2.30. The molecule has 0 aliphatic carbocycles. The molecule has 524 valence electrons.